The number of carbonyl (C=O) groups is 1. The molecule has 110 valence electrons. The van der Waals surface area contributed by atoms with E-state index in [1.54, 1.807) is 0 Å². The Morgan fingerprint density at radius 1 is 1.26 bits per heavy atom. The third kappa shape index (κ3) is 3.91. The minimum atomic E-state index is 0.176. The van der Waals surface area contributed by atoms with E-state index >= 15 is 0 Å². The van der Waals surface area contributed by atoms with Gasteiger partial charge in [0.2, 0.25) is 5.91 Å². The van der Waals surface area contributed by atoms with Crippen LogP contribution in [0, 0.1) is 0 Å². The molecule has 0 aromatic rings. The Balaban J connectivity index is 1.75. The van der Waals surface area contributed by atoms with E-state index in [9.17, 15) is 4.79 Å². The Kier molecular flexibility index (Phi) is 5.19. The molecule has 0 bridgehead atoms. The number of hydrogen-bond acceptors (Lipinski definition) is 4. The molecule has 1 heterocycles. The van der Waals surface area contributed by atoms with Crippen molar-refractivity contribution in [3.05, 3.63) is 0 Å². The Hall–Kier alpha value is -0.650. The lowest BCUT2D eigenvalue weighted by atomic mass is 9.96. The standard InChI is InChI=1S/C14H28N4O/c1-17(2)14(5-3-4-6-14)12-16-13(19)11-18-9-7-15-8-10-18/h15H,3-12H2,1-2H3,(H,16,19). The quantitative estimate of drug-likeness (QED) is 0.730. The highest BCUT2D eigenvalue weighted by molar-refractivity contribution is 5.78. The summed E-state index contributed by atoms with van der Waals surface area (Å²) in [5.41, 5.74) is 0.194. The van der Waals surface area contributed by atoms with Gasteiger partial charge >= 0.3 is 0 Å². The fourth-order valence-electron chi connectivity index (χ4n) is 3.21. The molecule has 2 N–H and O–H groups in total. The lowest BCUT2D eigenvalue weighted by molar-refractivity contribution is -0.123. The first-order chi connectivity index (χ1) is 9.12. The molecule has 0 atom stereocenters. The van der Waals surface area contributed by atoms with Crippen LogP contribution < -0.4 is 10.6 Å². The second kappa shape index (κ2) is 6.68. The SMILES string of the molecule is CN(C)C1(CNC(=O)CN2CCNCC2)CCCC1. The summed E-state index contributed by atoms with van der Waals surface area (Å²) >= 11 is 0. The number of nitrogens with one attached hydrogen (secondary N) is 2. The zero-order valence-electron chi connectivity index (χ0n) is 12.4. The third-order valence-corrected chi connectivity index (χ3v) is 4.67. The van der Waals surface area contributed by atoms with Crippen molar-refractivity contribution in [2.75, 3.05) is 53.4 Å². The number of amides is 1. The first kappa shape index (κ1) is 14.8. The monoisotopic (exact) mass is 268 g/mol. The van der Waals surface area contributed by atoms with Crippen LogP contribution in [0.1, 0.15) is 25.7 Å². The topological polar surface area (TPSA) is 47.6 Å². The molecule has 1 saturated carbocycles. The van der Waals surface area contributed by atoms with Crippen molar-refractivity contribution in [1.29, 1.82) is 0 Å². The summed E-state index contributed by atoms with van der Waals surface area (Å²) in [5.74, 6) is 0.176. The van der Waals surface area contributed by atoms with Crippen LogP contribution in [0.4, 0.5) is 0 Å². The van der Waals surface area contributed by atoms with E-state index in [1.165, 1.54) is 25.7 Å². The molecule has 0 aromatic carbocycles. The van der Waals surface area contributed by atoms with Crippen LogP contribution in [0.25, 0.3) is 0 Å². The van der Waals surface area contributed by atoms with Crippen molar-refractivity contribution < 1.29 is 4.79 Å². The number of nitrogens with zero attached hydrogens (tertiary/aromatic N) is 2. The van der Waals surface area contributed by atoms with Crippen molar-refractivity contribution in [2.24, 2.45) is 0 Å². The van der Waals surface area contributed by atoms with Gasteiger partial charge in [-0.25, -0.2) is 0 Å². The summed E-state index contributed by atoms with van der Waals surface area (Å²) in [6.07, 6.45) is 4.97. The molecule has 0 radical (unpaired) electrons. The van der Waals surface area contributed by atoms with Crippen molar-refractivity contribution in [1.82, 2.24) is 20.4 Å². The summed E-state index contributed by atoms with van der Waals surface area (Å²) < 4.78 is 0. The Bertz CT molecular complexity index is 294. The average molecular weight is 268 g/mol. The van der Waals surface area contributed by atoms with Gasteiger partial charge in [0.1, 0.15) is 0 Å². The van der Waals surface area contributed by atoms with Gasteiger partial charge in [0, 0.05) is 38.3 Å². The van der Waals surface area contributed by atoms with Gasteiger partial charge in [0.05, 0.1) is 6.54 Å². The smallest absolute Gasteiger partial charge is 0.234 e. The zero-order chi connectivity index (χ0) is 13.7. The van der Waals surface area contributed by atoms with E-state index in [2.05, 4.69) is 34.5 Å². The Morgan fingerprint density at radius 2 is 1.89 bits per heavy atom. The fraction of sp³-hybridized carbons (Fsp3) is 0.929. The van der Waals surface area contributed by atoms with Gasteiger partial charge in [-0.15, -0.1) is 0 Å². The highest BCUT2D eigenvalue weighted by Gasteiger charge is 2.36. The van der Waals surface area contributed by atoms with Crippen LogP contribution >= 0.6 is 0 Å². The first-order valence-corrected chi connectivity index (χ1v) is 7.50. The summed E-state index contributed by atoms with van der Waals surface area (Å²) in [6.45, 7) is 5.29. The maximum absolute atomic E-state index is 12.0. The van der Waals surface area contributed by atoms with Crippen molar-refractivity contribution in [2.45, 2.75) is 31.2 Å². The molecule has 1 aliphatic heterocycles. The second-order valence-corrected chi connectivity index (χ2v) is 6.13. The van der Waals surface area contributed by atoms with Crippen LogP contribution in [-0.2, 0) is 4.79 Å². The number of rotatable bonds is 5. The van der Waals surface area contributed by atoms with E-state index in [1.807, 2.05) is 0 Å². The Labute approximate surface area is 116 Å². The van der Waals surface area contributed by atoms with Gasteiger partial charge in [-0.1, -0.05) is 12.8 Å². The maximum atomic E-state index is 12.0. The molecule has 1 aliphatic carbocycles. The average Bonchev–Trinajstić information content (AvgIpc) is 2.88. The van der Waals surface area contributed by atoms with E-state index in [4.69, 9.17) is 0 Å². The van der Waals surface area contributed by atoms with E-state index in [-0.39, 0.29) is 11.4 Å². The number of hydrogen-bond donors (Lipinski definition) is 2. The molecule has 5 heteroatoms. The lowest BCUT2D eigenvalue weighted by Gasteiger charge is -2.36. The second-order valence-electron chi connectivity index (χ2n) is 6.13. The van der Waals surface area contributed by atoms with Gasteiger partial charge in [-0.2, -0.15) is 0 Å². The highest BCUT2D eigenvalue weighted by atomic mass is 16.2. The van der Waals surface area contributed by atoms with Crippen LogP contribution in [-0.4, -0.2) is 74.6 Å². The van der Waals surface area contributed by atoms with E-state index in [0.717, 1.165) is 32.7 Å². The van der Waals surface area contributed by atoms with Crippen LogP contribution in [0.15, 0.2) is 0 Å². The van der Waals surface area contributed by atoms with Crippen molar-refractivity contribution in [3.8, 4) is 0 Å². The zero-order valence-corrected chi connectivity index (χ0v) is 12.4. The summed E-state index contributed by atoms with van der Waals surface area (Å²) in [5, 5.41) is 6.46. The molecule has 19 heavy (non-hydrogen) atoms. The van der Waals surface area contributed by atoms with Crippen LogP contribution in [0.3, 0.4) is 0 Å². The molecular weight excluding hydrogens is 240 g/mol. The van der Waals surface area contributed by atoms with E-state index in [0.29, 0.717) is 6.54 Å². The third-order valence-electron chi connectivity index (χ3n) is 4.67. The number of carbonyl (C=O) groups excluding carboxylic acids is 1. The van der Waals surface area contributed by atoms with Crippen molar-refractivity contribution >= 4 is 5.91 Å². The van der Waals surface area contributed by atoms with Crippen molar-refractivity contribution in [3.63, 3.8) is 0 Å². The van der Waals surface area contributed by atoms with Gasteiger partial charge < -0.3 is 15.5 Å². The molecule has 0 spiro atoms. The summed E-state index contributed by atoms with van der Waals surface area (Å²) in [7, 11) is 4.27. The maximum Gasteiger partial charge on any atom is 0.234 e. The molecule has 2 fully saturated rings. The predicted octanol–water partition coefficient (Wildman–Crippen LogP) is -0.118. The molecule has 5 nitrogen and oxygen atoms in total. The summed E-state index contributed by atoms with van der Waals surface area (Å²) in [4.78, 5) is 16.6. The normalized spacial score (nSPS) is 23.7. The number of likely N-dealkylation sites (N-methyl/N-ethyl adjacent to an activating group) is 1. The molecule has 0 unspecified atom stereocenters. The Morgan fingerprint density at radius 3 is 2.47 bits per heavy atom. The van der Waals surface area contributed by atoms with Gasteiger partial charge in [0.15, 0.2) is 0 Å². The highest BCUT2D eigenvalue weighted by Crippen LogP contribution is 2.32. The predicted molar refractivity (Wildman–Crippen MR) is 77.2 cm³/mol. The van der Waals surface area contributed by atoms with E-state index < -0.39 is 0 Å². The van der Waals surface area contributed by atoms with Gasteiger partial charge in [-0.3, -0.25) is 9.69 Å². The molecule has 2 rings (SSSR count). The van der Waals surface area contributed by atoms with Gasteiger partial charge in [0.25, 0.3) is 0 Å². The minimum Gasteiger partial charge on any atom is -0.353 e. The molecule has 1 saturated heterocycles. The van der Waals surface area contributed by atoms with Crippen LogP contribution in [0.2, 0.25) is 0 Å². The molecule has 2 aliphatic rings. The van der Waals surface area contributed by atoms with Crippen LogP contribution in [0.5, 0.6) is 0 Å². The number of piperazine rings is 1. The first-order valence-electron chi connectivity index (χ1n) is 7.50. The molecule has 0 aromatic heterocycles. The molecular formula is C14H28N4O. The lowest BCUT2D eigenvalue weighted by Crippen LogP contribution is -2.53. The minimum absolute atomic E-state index is 0.176. The van der Waals surface area contributed by atoms with Gasteiger partial charge in [-0.05, 0) is 26.9 Å². The largest absolute Gasteiger partial charge is 0.353 e. The fourth-order valence-corrected chi connectivity index (χ4v) is 3.21. The molecule has 1 amide bonds. The summed E-state index contributed by atoms with van der Waals surface area (Å²) in [6, 6.07) is 0.